The van der Waals surface area contributed by atoms with E-state index < -0.39 is 0 Å². The fourth-order valence-electron chi connectivity index (χ4n) is 1.28. The van der Waals surface area contributed by atoms with Crippen molar-refractivity contribution >= 4 is 5.78 Å². The van der Waals surface area contributed by atoms with Gasteiger partial charge in [0.15, 0.2) is 0 Å². The molecule has 0 bridgehead atoms. The van der Waals surface area contributed by atoms with Crippen LogP contribution in [0.15, 0.2) is 18.3 Å². The molecule has 0 aliphatic carbocycles. The molecule has 0 unspecified atom stereocenters. The van der Waals surface area contributed by atoms with Crippen LogP contribution in [0.4, 0.5) is 0 Å². The first kappa shape index (κ1) is 12.3. The third-order valence-corrected chi connectivity index (χ3v) is 2.11. The summed E-state index contributed by atoms with van der Waals surface area (Å²) < 4.78 is 4.94. The Bertz CT molecular complexity index is 398. The lowest BCUT2D eigenvalue weighted by atomic mass is 10.1. The summed E-state index contributed by atoms with van der Waals surface area (Å²) >= 11 is 0. The van der Waals surface area contributed by atoms with Crippen LogP contribution in [0, 0.1) is 11.8 Å². The van der Waals surface area contributed by atoms with E-state index in [2.05, 4.69) is 16.8 Å². The predicted molar refractivity (Wildman–Crippen MR) is 62.2 cm³/mol. The first-order chi connectivity index (χ1) is 7.76. The van der Waals surface area contributed by atoms with Gasteiger partial charge in [0.05, 0.1) is 7.11 Å². The van der Waals surface area contributed by atoms with E-state index in [0.29, 0.717) is 25.1 Å². The van der Waals surface area contributed by atoms with E-state index in [-0.39, 0.29) is 5.78 Å². The van der Waals surface area contributed by atoms with Gasteiger partial charge in [0, 0.05) is 31.5 Å². The van der Waals surface area contributed by atoms with E-state index in [1.165, 1.54) is 0 Å². The van der Waals surface area contributed by atoms with Crippen LogP contribution in [0.5, 0.6) is 5.88 Å². The minimum Gasteiger partial charge on any atom is -0.481 e. The van der Waals surface area contributed by atoms with Crippen LogP contribution < -0.4 is 4.74 Å². The van der Waals surface area contributed by atoms with Crippen LogP contribution >= 0.6 is 0 Å². The second-order valence-electron chi connectivity index (χ2n) is 3.35. The van der Waals surface area contributed by atoms with E-state index in [0.717, 1.165) is 5.56 Å². The number of pyridine rings is 1. The number of hydrogen-bond donors (Lipinski definition) is 0. The van der Waals surface area contributed by atoms with Crippen molar-refractivity contribution < 1.29 is 9.53 Å². The number of Topliss-reactive ketones (excluding diaryl/α,β-unsaturated/α-hetero) is 1. The third kappa shape index (κ3) is 4.14. The highest BCUT2D eigenvalue weighted by Crippen LogP contribution is 2.08. The third-order valence-electron chi connectivity index (χ3n) is 2.11. The highest BCUT2D eigenvalue weighted by atomic mass is 16.5. The van der Waals surface area contributed by atoms with Crippen molar-refractivity contribution in [3.8, 4) is 17.7 Å². The minimum atomic E-state index is 0.190. The van der Waals surface area contributed by atoms with E-state index >= 15 is 0 Å². The van der Waals surface area contributed by atoms with Crippen LogP contribution in [-0.2, 0) is 11.2 Å². The van der Waals surface area contributed by atoms with Gasteiger partial charge >= 0.3 is 0 Å². The number of hydrogen-bond acceptors (Lipinski definition) is 3. The van der Waals surface area contributed by atoms with Gasteiger partial charge in [-0.3, -0.25) is 4.79 Å². The van der Waals surface area contributed by atoms with E-state index in [4.69, 9.17) is 4.74 Å². The molecule has 1 aromatic heterocycles. The molecular weight excluding hydrogens is 202 g/mol. The van der Waals surface area contributed by atoms with E-state index in [1.807, 2.05) is 6.07 Å². The maximum Gasteiger partial charge on any atom is 0.212 e. The summed E-state index contributed by atoms with van der Waals surface area (Å²) in [4.78, 5) is 15.6. The second kappa shape index (κ2) is 6.62. The first-order valence-corrected chi connectivity index (χ1v) is 5.16. The number of aromatic nitrogens is 1. The number of carbonyl (C=O) groups excluding carboxylic acids is 1. The Hall–Kier alpha value is -1.82. The highest BCUT2D eigenvalue weighted by Gasteiger charge is 2.03. The number of methoxy groups -OCH3 is 1. The van der Waals surface area contributed by atoms with Gasteiger partial charge in [-0.05, 0) is 12.5 Å². The summed E-state index contributed by atoms with van der Waals surface area (Å²) in [6.45, 7) is 1.78. The smallest absolute Gasteiger partial charge is 0.212 e. The molecule has 0 N–H and O–H groups in total. The zero-order chi connectivity index (χ0) is 11.8. The summed E-state index contributed by atoms with van der Waals surface area (Å²) in [6, 6.07) is 3.61. The van der Waals surface area contributed by atoms with Crippen molar-refractivity contribution in [3.05, 3.63) is 23.9 Å². The maximum absolute atomic E-state index is 11.5. The predicted octanol–water partition coefficient (Wildman–Crippen LogP) is 2.01. The molecule has 0 saturated carbocycles. The molecule has 3 nitrogen and oxygen atoms in total. The van der Waals surface area contributed by atoms with Crippen molar-refractivity contribution in [2.45, 2.75) is 26.2 Å². The van der Waals surface area contributed by atoms with Gasteiger partial charge < -0.3 is 4.74 Å². The Balaban J connectivity index is 2.45. The molecule has 84 valence electrons. The van der Waals surface area contributed by atoms with Gasteiger partial charge in [0.25, 0.3) is 0 Å². The number of carbonyl (C=O) groups is 1. The number of ether oxygens (including phenoxy) is 1. The summed E-state index contributed by atoms with van der Waals surface area (Å²) in [5.41, 5.74) is 0.912. The van der Waals surface area contributed by atoms with Crippen molar-refractivity contribution in [1.29, 1.82) is 0 Å². The number of nitrogens with zero attached hydrogens (tertiary/aromatic N) is 1. The Morgan fingerprint density at radius 2 is 2.31 bits per heavy atom. The SMILES string of the molecule is CC#CCCC(=O)Cc1ccc(OC)nc1. The van der Waals surface area contributed by atoms with Gasteiger partial charge in [0.2, 0.25) is 5.88 Å². The Kier molecular flexibility index (Phi) is 5.07. The Morgan fingerprint density at radius 1 is 1.50 bits per heavy atom. The van der Waals surface area contributed by atoms with E-state index in [1.54, 1.807) is 26.3 Å². The monoisotopic (exact) mass is 217 g/mol. The molecule has 0 aromatic carbocycles. The average molecular weight is 217 g/mol. The van der Waals surface area contributed by atoms with Crippen LogP contribution in [-0.4, -0.2) is 17.9 Å². The van der Waals surface area contributed by atoms with Gasteiger partial charge in [-0.15, -0.1) is 11.8 Å². The molecule has 1 heterocycles. The number of ketones is 1. The lowest BCUT2D eigenvalue weighted by molar-refractivity contribution is -0.118. The Labute approximate surface area is 95.8 Å². The normalized spacial score (nSPS) is 9.12. The van der Waals surface area contributed by atoms with Crippen LogP contribution in [0.1, 0.15) is 25.3 Å². The molecule has 0 aliphatic rings. The summed E-state index contributed by atoms with van der Waals surface area (Å²) in [6.07, 6.45) is 3.23. The molecule has 0 fully saturated rings. The molecule has 0 amide bonds. The molecule has 0 radical (unpaired) electrons. The van der Waals surface area contributed by atoms with Gasteiger partial charge in [-0.25, -0.2) is 4.98 Å². The largest absolute Gasteiger partial charge is 0.481 e. The molecule has 16 heavy (non-hydrogen) atoms. The zero-order valence-corrected chi connectivity index (χ0v) is 9.62. The maximum atomic E-state index is 11.5. The van der Waals surface area contributed by atoms with Crippen LogP contribution in [0.25, 0.3) is 0 Å². The number of rotatable bonds is 5. The van der Waals surface area contributed by atoms with Gasteiger partial charge in [-0.1, -0.05) is 6.07 Å². The molecule has 1 rings (SSSR count). The molecule has 1 aromatic rings. The average Bonchev–Trinajstić information content (AvgIpc) is 2.30. The summed E-state index contributed by atoms with van der Waals surface area (Å²) in [7, 11) is 1.57. The molecule has 0 atom stereocenters. The van der Waals surface area contributed by atoms with E-state index in [9.17, 15) is 4.79 Å². The quantitative estimate of drug-likeness (QED) is 0.708. The molecule has 3 heteroatoms. The summed E-state index contributed by atoms with van der Waals surface area (Å²) in [5, 5.41) is 0. The molecule has 0 spiro atoms. The van der Waals surface area contributed by atoms with Crippen LogP contribution in [0.3, 0.4) is 0 Å². The molecule has 0 saturated heterocycles. The standard InChI is InChI=1S/C13H15NO2/c1-3-4-5-6-12(15)9-11-7-8-13(16-2)14-10-11/h7-8,10H,5-6,9H2,1-2H3. The lowest BCUT2D eigenvalue weighted by Gasteiger charge is -2.01. The van der Waals surface area contributed by atoms with Gasteiger partial charge in [-0.2, -0.15) is 0 Å². The Morgan fingerprint density at radius 3 is 2.88 bits per heavy atom. The minimum absolute atomic E-state index is 0.190. The fraction of sp³-hybridized carbons (Fsp3) is 0.385. The highest BCUT2D eigenvalue weighted by molar-refractivity contribution is 5.80. The second-order valence-corrected chi connectivity index (χ2v) is 3.35. The summed E-state index contributed by atoms with van der Waals surface area (Å²) in [5.74, 6) is 6.40. The zero-order valence-electron chi connectivity index (χ0n) is 9.62. The van der Waals surface area contributed by atoms with Gasteiger partial charge in [0.1, 0.15) is 5.78 Å². The fourth-order valence-corrected chi connectivity index (χ4v) is 1.28. The first-order valence-electron chi connectivity index (χ1n) is 5.16. The lowest BCUT2D eigenvalue weighted by Crippen LogP contribution is -2.02. The van der Waals surface area contributed by atoms with Crippen LogP contribution in [0.2, 0.25) is 0 Å². The van der Waals surface area contributed by atoms with Crippen molar-refractivity contribution in [2.24, 2.45) is 0 Å². The topological polar surface area (TPSA) is 39.2 Å². The van der Waals surface area contributed by atoms with Crippen molar-refractivity contribution in [3.63, 3.8) is 0 Å². The molecular formula is C13H15NO2. The van der Waals surface area contributed by atoms with Crippen molar-refractivity contribution in [1.82, 2.24) is 4.98 Å². The van der Waals surface area contributed by atoms with Crippen molar-refractivity contribution in [2.75, 3.05) is 7.11 Å². The molecule has 0 aliphatic heterocycles.